The zero-order valence-corrected chi connectivity index (χ0v) is 51.6. The van der Waals surface area contributed by atoms with Gasteiger partial charge in [-0.1, -0.05) is 76.6 Å². The molecular weight excluding hydrogens is 1180 g/mol. The standard InChI is InChI=1S/C60H86N16O15/c1-6-33(4)49(74-50(81)39(15-10-22-65-60(62)63)69-51(82)41(28-47(79)80)68-46(78)30-66-53(84)44-16-11-23-75(44)57(88)34(5)61)56(87)70-40(25-36-18-20-38(77)21-19-36)52(83)73-48(32(2)3)55(86)71-42(27-37-29-64-31-67-37)58(89)76-24-12-17-45(76)54(85)72-43(59(90)91)26-35-13-8-7-9-14-35/h7-9,13-14,18-21,29,31-34,39-45,48-49,77H,6,10-12,15-17,22-28,30,61H2,1-5H3,(H,64,67)(H,66,84)(H,68,78)(H,69,82)(H,70,87)(H,71,86)(H,72,85)(H,73,83)(H,74,81)(H,79,80)(H,90,91)(H4,62,63,65)/t33-,34-,39-,40-,41-,42-,43-,44-,45-,48-,49-/m0/s1. The number of carbonyl (C=O) groups excluding carboxylic acids is 10. The van der Waals surface area contributed by atoms with Crippen molar-refractivity contribution in [1.82, 2.24) is 62.3 Å². The highest BCUT2D eigenvalue weighted by molar-refractivity contribution is 5.99. The monoisotopic (exact) mass is 1270 g/mol. The number of hydrogen-bond acceptors (Lipinski definition) is 16. The summed E-state index contributed by atoms with van der Waals surface area (Å²) in [6.45, 7) is 7.64. The molecule has 91 heavy (non-hydrogen) atoms. The minimum atomic E-state index is -1.81. The van der Waals surface area contributed by atoms with Gasteiger partial charge in [-0.3, -0.25) is 57.7 Å². The molecule has 31 nitrogen and oxygen atoms in total. The van der Waals surface area contributed by atoms with Crippen molar-refractivity contribution in [2.75, 3.05) is 26.2 Å². The molecule has 3 heterocycles. The average molecular weight is 1270 g/mol. The first kappa shape index (κ1) is 72.1. The van der Waals surface area contributed by atoms with E-state index in [0.29, 0.717) is 36.1 Å². The van der Waals surface area contributed by atoms with E-state index >= 15 is 0 Å². The number of amides is 10. The fourth-order valence-electron chi connectivity index (χ4n) is 10.5. The topological polar surface area (TPSA) is 487 Å². The van der Waals surface area contributed by atoms with Gasteiger partial charge in [0.05, 0.1) is 25.3 Å². The highest BCUT2D eigenvalue weighted by Gasteiger charge is 2.42. The van der Waals surface area contributed by atoms with Crippen LogP contribution in [0.3, 0.4) is 0 Å². The number of aliphatic imine (C=N–C) groups is 1. The molecule has 0 bridgehead atoms. The zero-order chi connectivity index (χ0) is 67.1. The number of carboxylic acid groups (broad SMARTS) is 2. The normalized spacial score (nSPS) is 17.4. The van der Waals surface area contributed by atoms with Crippen molar-refractivity contribution in [1.29, 1.82) is 0 Å². The number of phenolic OH excluding ortho intramolecular Hbond substituents is 1. The third-order valence-electron chi connectivity index (χ3n) is 15.6. The van der Waals surface area contributed by atoms with Gasteiger partial charge in [0.25, 0.3) is 0 Å². The van der Waals surface area contributed by atoms with Crippen LogP contribution in [-0.4, -0.2) is 199 Å². The maximum atomic E-state index is 14.7. The van der Waals surface area contributed by atoms with Gasteiger partial charge >= 0.3 is 11.9 Å². The number of hydrogen-bond donors (Lipinski definition) is 15. The lowest BCUT2D eigenvalue weighted by molar-refractivity contribution is -0.145. The molecule has 2 aromatic carbocycles. The van der Waals surface area contributed by atoms with Crippen molar-refractivity contribution in [3.05, 3.63) is 83.9 Å². The minimum absolute atomic E-state index is 0.0248. The quantitative estimate of drug-likeness (QED) is 0.0164. The Kier molecular flexibility index (Phi) is 27.6. The van der Waals surface area contributed by atoms with Gasteiger partial charge in [-0.15, -0.1) is 0 Å². The molecule has 10 amide bonds. The Balaban J connectivity index is 1.35. The second-order valence-corrected chi connectivity index (χ2v) is 23.1. The lowest BCUT2D eigenvalue weighted by Crippen LogP contribution is -2.62. The Morgan fingerprint density at radius 2 is 1.21 bits per heavy atom. The summed E-state index contributed by atoms with van der Waals surface area (Å²) in [6.07, 6.45) is 2.87. The number of rotatable bonds is 34. The van der Waals surface area contributed by atoms with Crippen LogP contribution in [0.1, 0.15) is 103 Å². The van der Waals surface area contributed by atoms with Gasteiger partial charge in [-0.05, 0) is 80.5 Å². The van der Waals surface area contributed by atoms with Gasteiger partial charge < -0.3 is 89.8 Å². The van der Waals surface area contributed by atoms with Crippen LogP contribution >= 0.6 is 0 Å². The van der Waals surface area contributed by atoms with E-state index < -0.39 is 156 Å². The van der Waals surface area contributed by atoms with E-state index in [4.69, 9.17) is 17.2 Å². The molecule has 18 N–H and O–H groups in total. The fourth-order valence-corrected chi connectivity index (χ4v) is 10.5. The highest BCUT2D eigenvalue weighted by atomic mass is 16.4. The number of aromatic hydroxyl groups is 1. The molecule has 2 saturated heterocycles. The van der Waals surface area contributed by atoms with Crippen LogP contribution in [0.5, 0.6) is 5.75 Å². The number of H-pyrrole nitrogens is 1. The predicted molar refractivity (Wildman–Crippen MR) is 328 cm³/mol. The summed E-state index contributed by atoms with van der Waals surface area (Å²) in [5.74, 6) is -12.8. The van der Waals surface area contributed by atoms with Crippen molar-refractivity contribution >= 4 is 77.0 Å². The molecule has 2 aliphatic rings. The molecule has 3 aromatic rings. The van der Waals surface area contributed by atoms with E-state index in [1.54, 1.807) is 58.0 Å². The molecule has 2 fully saturated rings. The molecule has 2 aliphatic heterocycles. The Labute approximate surface area is 526 Å². The van der Waals surface area contributed by atoms with E-state index in [2.05, 4.69) is 57.5 Å². The molecule has 5 rings (SSSR count). The molecule has 496 valence electrons. The summed E-state index contributed by atoms with van der Waals surface area (Å²) in [4.78, 5) is 178. The number of aliphatic carboxylic acids is 2. The van der Waals surface area contributed by atoms with Crippen molar-refractivity contribution in [3.63, 3.8) is 0 Å². The number of aromatic nitrogens is 2. The number of aromatic amines is 1. The summed E-state index contributed by atoms with van der Waals surface area (Å²) >= 11 is 0. The Bertz CT molecular complexity index is 3050. The molecule has 0 radical (unpaired) electrons. The van der Waals surface area contributed by atoms with Crippen LogP contribution < -0.4 is 59.7 Å². The molecule has 0 aliphatic carbocycles. The van der Waals surface area contributed by atoms with E-state index in [-0.39, 0.29) is 76.3 Å². The molecule has 1 aromatic heterocycles. The van der Waals surface area contributed by atoms with Crippen molar-refractivity contribution < 1.29 is 72.9 Å². The number of carbonyl (C=O) groups is 12. The van der Waals surface area contributed by atoms with Gasteiger partial charge in [0.2, 0.25) is 59.1 Å². The summed E-state index contributed by atoms with van der Waals surface area (Å²) in [5.41, 5.74) is 18.3. The zero-order valence-electron chi connectivity index (χ0n) is 51.6. The van der Waals surface area contributed by atoms with E-state index in [1.165, 1.54) is 53.5 Å². The van der Waals surface area contributed by atoms with Crippen LogP contribution in [0.25, 0.3) is 0 Å². The van der Waals surface area contributed by atoms with Crippen LogP contribution in [0.2, 0.25) is 0 Å². The number of nitrogens with two attached hydrogens (primary N) is 3. The van der Waals surface area contributed by atoms with Crippen LogP contribution in [-0.2, 0) is 76.8 Å². The van der Waals surface area contributed by atoms with Gasteiger partial charge in [0.15, 0.2) is 5.96 Å². The summed E-state index contributed by atoms with van der Waals surface area (Å²) in [7, 11) is 0. The van der Waals surface area contributed by atoms with Crippen LogP contribution in [0.15, 0.2) is 72.1 Å². The first-order valence-corrected chi connectivity index (χ1v) is 30.2. The molecule has 0 saturated carbocycles. The molecular formula is C60H86N16O15. The van der Waals surface area contributed by atoms with Gasteiger partial charge in [0, 0.05) is 50.8 Å². The summed E-state index contributed by atoms with van der Waals surface area (Å²) in [5, 5.41) is 50.5. The van der Waals surface area contributed by atoms with Crippen molar-refractivity contribution in [3.8, 4) is 5.75 Å². The fraction of sp³-hybridized carbons (Fsp3) is 0.533. The first-order chi connectivity index (χ1) is 43.2. The van der Waals surface area contributed by atoms with Gasteiger partial charge in [-0.2, -0.15) is 0 Å². The number of imidazole rings is 1. The summed E-state index contributed by atoms with van der Waals surface area (Å²) < 4.78 is 0. The largest absolute Gasteiger partial charge is 0.508 e. The molecule has 0 unspecified atom stereocenters. The SMILES string of the molecule is CC[C@H](C)[C@H](NC(=O)[C@H](CCCN=C(N)N)NC(=O)[C@H](CC(=O)O)NC(=O)CNC(=O)[C@@H]1CCCN1C(=O)[C@H](C)N)C(=O)N[C@@H](Cc1ccc(O)cc1)C(=O)N[C@H](C(=O)N[C@@H](Cc1cnc[nH]1)C(=O)N1CCC[C@H]1C(=O)N[C@@H](Cc1ccccc1)C(=O)O)C(C)C. The number of nitrogens with one attached hydrogen (secondary N) is 9. The minimum Gasteiger partial charge on any atom is -0.508 e. The lowest BCUT2D eigenvalue weighted by atomic mass is 9.96. The van der Waals surface area contributed by atoms with E-state index in [1.807, 2.05) is 0 Å². The Morgan fingerprint density at radius 1 is 0.648 bits per heavy atom. The van der Waals surface area contributed by atoms with Gasteiger partial charge in [0.1, 0.15) is 60.1 Å². The first-order valence-electron chi connectivity index (χ1n) is 30.2. The van der Waals surface area contributed by atoms with E-state index in [9.17, 15) is 72.9 Å². The second kappa shape index (κ2) is 34.9. The third kappa shape index (κ3) is 22.1. The number of guanidine groups is 1. The molecule has 31 heteroatoms. The second-order valence-electron chi connectivity index (χ2n) is 23.1. The summed E-state index contributed by atoms with van der Waals surface area (Å²) in [6, 6.07) is 1.09. The maximum absolute atomic E-state index is 14.7. The highest BCUT2D eigenvalue weighted by Crippen LogP contribution is 2.22. The van der Waals surface area contributed by atoms with Gasteiger partial charge in [-0.25, -0.2) is 9.78 Å². The number of likely N-dealkylation sites (tertiary alicyclic amines) is 2. The van der Waals surface area contributed by atoms with Crippen LogP contribution in [0.4, 0.5) is 0 Å². The number of carboxylic acids is 2. The number of benzene rings is 2. The maximum Gasteiger partial charge on any atom is 0.326 e. The smallest absolute Gasteiger partial charge is 0.326 e. The number of phenols is 1. The number of nitrogens with zero attached hydrogens (tertiary/aromatic N) is 4. The molecule has 11 atom stereocenters. The average Bonchev–Trinajstić information content (AvgIpc) is 2.05. The van der Waals surface area contributed by atoms with Crippen molar-refractivity contribution in [2.24, 2.45) is 34.0 Å². The third-order valence-corrected chi connectivity index (χ3v) is 15.6. The van der Waals surface area contributed by atoms with Crippen molar-refractivity contribution in [2.45, 2.75) is 166 Å². The Hall–Kier alpha value is -9.68. The lowest BCUT2D eigenvalue weighted by Gasteiger charge is -2.31. The Morgan fingerprint density at radius 3 is 1.79 bits per heavy atom. The molecule has 0 spiro atoms. The van der Waals surface area contributed by atoms with E-state index in [0.717, 1.165) is 0 Å². The predicted octanol–water partition coefficient (Wildman–Crippen LogP) is -2.70. The van der Waals surface area contributed by atoms with Crippen LogP contribution in [0, 0.1) is 11.8 Å².